The molecule has 0 aromatic carbocycles. The van der Waals surface area contributed by atoms with Gasteiger partial charge in [-0.15, -0.1) is 0 Å². The zero-order valence-electron chi connectivity index (χ0n) is 14.1. The van der Waals surface area contributed by atoms with Gasteiger partial charge in [0, 0.05) is 18.9 Å². The number of methoxy groups -OCH3 is 1. The molecule has 0 aromatic rings. The number of esters is 1. The number of alkyl carbamates (subject to hydrolysis) is 1. The topological polar surface area (TPSA) is 64.6 Å². The van der Waals surface area contributed by atoms with Crippen LogP contribution >= 0.6 is 0 Å². The molecule has 0 spiro atoms. The molecule has 1 amide bonds. The minimum absolute atomic E-state index is 0. The molecule has 0 unspecified atom stereocenters. The summed E-state index contributed by atoms with van der Waals surface area (Å²) in [5, 5.41) is 2.77. The first kappa shape index (κ1) is 20.1. The van der Waals surface area contributed by atoms with Crippen LogP contribution in [-0.4, -0.2) is 49.7 Å². The first-order chi connectivity index (χ1) is 9.10. The first-order valence-electron chi connectivity index (χ1n) is 6.88. The van der Waals surface area contributed by atoms with E-state index in [1.807, 2.05) is 46.8 Å². The van der Waals surface area contributed by atoms with Crippen molar-refractivity contribution in [1.29, 1.82) is 0 Å². The van der Waals surface area contributed by atoms with Crippen LogP contribution in [-0.2, 0) is 14.3 Å². The zero-order valence-corrected chi connectivity index (χ0v) is 14.1. The van der Waals surface area contributed by atoms with Gasteiger partial charge >= 0.3 is 12.1 Å². The van der Waals surface area contributed by atoms with E-state index in [0.29, 0.717) is 6.42 Å². The summed E-state index contributed by atoms with van der Waals surface area (Å²) < 4.78 is 10.1. The van der Waals surface area contributed by atoms with Gasteiger partial charge in [-0.2, -0.15) is 0 Å². The second-order valence-corrected chi connectivity index (χ2v) is 6.50. The fourth-order valence-electron chi connectivity index (χ4n) is 2.35. The van der Waals surface area contributed by atoms with Crippen LogP contribution in [0.3, 0.4) is 0 Å². The third kappa shape index (κ3) is 5.09. The van der Waals surface area contributed by atoms with Crippen molar-refractivity contribution in [3.8, 4) is 0 Å². The summed E-state index contributed by atoms with van der Waals surface area (Å²) in [6, 6.07) is -0.216. The van der Waals surface area contributed by atoms with Crippen LogP contribution in [0.15, 0.2) is 12.2 Å². The van der Waals surface area contributed by atoms with Crippen LogP contribution in [0.1, 0.15) is 41.0 Å². The Morgan fingerprint density at radius 1 is 1.33 bits per heavy atom. The molecule has 0 saturated heterocycles. The van der Waals surface area contributed by atoms with E-state index in [4.69, 9.17) is 9.47 Å². The molecule has 0 aliphatic heterocycles. The summed E-state index contributed by atoms with van der Waals surface area (Å²) in [6.45, 7) is 9.37. The maximum Gasteiger partial charge on any atom is 0.408 e. The molecule has 5 nitrogen and oxygen atoms in total. The van der Waals surface area contributed by atoms with Crippen LogP contribution in [0.2, 0.25) is 0 Å². The number of ether oxygens (including phenoxy) is 2. The molecular formula is C15H25LiNO4. The van der Waals surface area contributed by atoms with Gasteiger partial charge in [0.15, 0.2) is 0 Å². The van der Waals surface area contributed by atoms with Crippen LogP contribution in [0, 0.1) is 11.3 Å². The van der Waals surface area contributed by atoms with Crippen molar-refractivity contribution >= 4 is 30.9 Å². The van der Waals surface area contributed by atoms with E-state index in [-0.39, 0.29) is 36.8 Å². The molecule has 1 aliphatic rings. The minimum Gasteiger partial charge on any atom is -0.468 e. The van der Waals surface area contributed by atoms with E-state index in [2.05, 4.69) is 5.32 Å². The summed E-state index contributed by atoms with van der Waals surface area (Å²) in [6.07, 6.45) is 3.69. The van der Waals surface area contributed by atoms with Crippen molar-refractivity contribution in [2.75, 3.05) is 7.11 Å². The average molecular weight is 290 g/mol. The average Bonchev–Trinajstić information content (AvgIpc) is 2.70. The molecule has 0 heterocycles. The van der Waals surface area contributed by atoms with Crippen LogP contribution in [0.4, 0.5) is 4.79 Å². The van der Waals surface area contributed by atoms with Crippen molar-refractivity contribution in [2.45, 2.75) is 52.7 Å². The zero-order chi connectivity index (χ0) is 15.6. The molecule has 6 heteroatoms. The third-order valence-electron chi connectivity index (χ3n) is 3.48. The Bertz CT molecular complexity index is 414. The van der Waals surface area contributed by atoms with Gasteiger partial charge in [0.2, 0.25) is 0 Å². The van der Waals surface area contributed by atoms with Crippen LogP contribution < -0.4 is 5.32 Å². The van der Waals surface area contributed by atoms with E-state index < -0.39 is 17.1 Å². The number of carbonyl (C=O) groups excluding carboxylic acids is 2. The fraction of sp³-hybridized carbons (Fsp3) is 0.733. The largest absolute Gasteiger partial charge is 0.468 e. The third-order valence-corrected chi connectivity index (χ3v) is 3.48. The predicted molar refractivity (Wildman–Crippen MR) is 82.0 cm³/mol. The van der Waals surface area contributed by atoms with Gasteiger partial charge in [0.1, 0.15) is 5.60 Å². The number of nitrogens with one attached hydrogen (secondary N) is 1. The molecule has 1 N–H and O–H groups in total. The molecule has 0 bridgehead atoms. The summed E-state index contributed by atoms with van der Waals surface area (Å²) >= 11 is 0. The quantitative estimate of drug-likeness (QED) is 0.492. The Hall–Kier alpha value is -0.923. The number of rotatable bonds is 3. The number of hydrogen-bond acceptors (Lipinski definition) is 4. The fourth-order valence-corrected chi connectivity index (χ4v) is 2.35. The Labute approximate surface area is 139 Å². The van der Waals surface area contributed by atoms with Crippen molar-refractivity contribution in [3.05, 3.63) is 12.2 Å². The summed E-state index contributed by atoms with van der Waals surface area (Å²) in [7, 11) is 1.38. The van der Waals surface area contributed by atoms with Crippen molar-refractivity contribution in [2.24, 2.45) is 11.3 Å². The van der Waals surface area contributed by atoms with E-state index in [1.165, 1.54) is 7.11 Å². The Balaban J connectivity index is 0.00000400. The van der Waals surface area contributed by atoms with E-state index in [0.717, 1.165) is 0 Å². The van der Waals surface area contributed by atoms with E-state index >= 15 is 0 Å². The standard InChI is InChI=1S/C15H25NO4.Li/c1-10(2)15(12(17)19-6)8-7-11(9-15)16-13(18)20-14(3,4)5;/h7-8,10-11H,9H2,1-6H3,(H,16,18);/t11-,15+;/m1./s1. The number of amides is 1. The van der Waals surface area contributed by atoms with Gasteiger partial charge in [0.05, 0.1) is 18.6 Å². The maximum atomic E-state index is 12.0. The van der Waals surface area contributed by atoms with Crippen molar-refractivity contribution < 1.29 is 19.1 Å². The van der Waals surface area contributed by atoms with Gasteiger partial charge in [-0.3, -0.25) is 4.79 Å². The van der Waals surface area contributed by atoms with E-state index in [9.17, 15) is 9.59 Å². The van der Waals surface area contributed by atoms with Crippen LogP contribution in [0.5, 0.6) is 0 Å². The molecule has 0 aromatic heterocycles. The van der Waals surface area contributed by atoms with E-state index in [1.54, 1.807) is 0 Å². The SMILES string of the molecule is COC(=O)[C@@]1(C(C)C)C=C[C@@H](NC(=O)OC(C)(C)C)C1.[Li]. The molecule has 1 radical (unpaired) electrons. The molecule has 0 fully saturated rings. The van der Waals surface area contributed by atoms with Crippen molar-refractivity contribution in [3.63, 3.8) is 0 Å². The molecule has 0 saturated carbocycles. The van der Waals surface area contributed by atoms with Gasteiger partial charge in [0.25, 0.3) is 0 Å². The minimum atomic E-state index is -0.672. The Morgan fingerprint density at radius 2 is 1.90 bits per heavy atom. The predicted octanol–water partition coefficient (Wildman–Crippen LogP) is 2.27. The number of carbonyl (C=O) groups is 2. The summed E-state index contributed by atoms with van der Waals surface area (Å²) in [5.74, 6) is -0.172. The smallest absolute Gasteiger partial charge is 0.408 e. The monoisotopic (exact) mass is 290 g/mol. The molecular weight excluding hydrogens is 265 g/mol. The Kier molecular flexibility index (Phi) is 7.05. The molecule has 1 aliphatic carbocycles. The molecule has 2 atom stereocenters. The van der Waals surface area contributed by atoms with Gasteiger partial charge < -0.3 is 14.8 Å². The second kappa shape index (κ2) is 7.37. The molecule has 1 rings (SSSR count). The normalized spacial score (nSPS) is 24.4. The van der Waals surface area contributed by atoms with Gasteiger partial charge in [-0.25, -0.2) is 4.79 Å². The Morgan fingerprint density at radius 3 is 2.33 bits per heavy atom. The second-order valence-electron chi connectivity index (χ2n) is 6.50. The summed E-state index contributed by atoms with van der Waals surface area (Å²) in [5.41, 5.74) is -1.21. The van der Waals surface area contributed by atoms with Gasteiger partial charge in [-0.1, -0.05) is 26.0 Å². The maximum absolute atomic E-state index is 12.0. The summed E-state index contributed by atoms with van der Waals surface area (Å²) in [4.78, 5) is 23.8. The first-order valence-corrected chi connectivity index (χ1v) is 6.88. The molecule has 21 heavy (non-hydrogen) atoms. The number of hydrogen-bond donors (Lipinski definition) is 1. The van der Waals surface area contributed by atoms with Crippen LogP contribution in [0.25, 0.3) is 0 Å². The van der Waals surface area contributed by atoms with Crippen molar-refractivity contribution in [1.82, 2.24) is 5.32 Å². The van der Waals surface area contributed by atoms with Gasteiger partial charge in [-0.05, 0) is 33.1 Å². The molecule has 115 valence electrons.